The molecule has 0 spiro atoms. The van der Waals surface area contributed by atoms with E-state index in [9.17, 15) is 0 Å². The molecule has 3 nitrogen and oxygen atoms in total. The molecule has 4 heteroatoms. The summed E-state index contributed by atoms with van der Waals surface area (Å²) in [5.74, 6) is 3.11. The van der Waals surface area contributed by atoms with Gasteiger partial charge in [0, 0.05) is 6.20 Å². The molecule has 1 aromatic carbocycles. The molecule has 18 heavy (non-hydrogen) atoms. The van der Waals surface area contributed by atoms with Crippen LogP contribution in [0.1, 0.15) is 18.0 Å². The van der Waals surface area contributed by atoms with Crippen LogP contribution in [-0.2, 0) is 0 Å². The highest BCUT2D eigenvalue weighted by atomic mass is 32.2. The first kappa shape index (κ1) is 11.7. The number of rotatable bonds is 3. The molecule has 1 aromatic heterocycles. The third kappa shape index (κ3) is 2.25. The average Bonchev–Trinajstić information content (AvgIpc) is 3.04. The topological polar surface area (TPSA) is 43.8 Å². The van der Waals surface area contributed by atoms with E-state index in [0.29, 0.717) is 12.0 Å². The predicted octanol–water partition coefficient (Wildman–Crippen LogP) is 2.81. The van der Waals surface area contributed by atoms with Gasteiger partial charge >= 0.3 is 0 Å². The van der Waals surface area contributed by atoms with Crippen molar-refractivity contribution in [3.05, 3.63) is 48.3 Å². The third-order valence-corrected chi connectivity index (χ3v) is 4.65. The first-order chi connectivity index (χ1) is 8.84. The molecular formula is C14H17N3S. The van der Waals surface area contributed by atoms with E-state index in [1.165, 1.54) is 23.5 Å². The number of hydrogen-bond acceptors (Lipinski definition) is 3. The van der Waals surface area contributed by atoms with Crippen LogP contribution >= 0.6 is 11.8 Å². The fraction of sp³-hybridized carbons (Fsp3) is 0.357. The minimum Gasteiger partial charge on any atom is -0.396 e. The minimum absolute atomic E-state index is 0.318. The maximum atomic E-state index is 5.80. The van der Waals surface area contributed by atoms with E-state index in [2.05, 4.69) is 35.4 Å². The summed E-state index contributed by atoms with van der Waals surface area (Å²) in [6.07, 6.45) is 4.93. The second-order valence-corrected chi connectivity index (χ2v) is 5.88. The van der Waals surface area contributed by atoms with E-state index in [0.717, 1.165) is 5.69 Å². The van der Waals surface area contributed by atoms with Crippen LogP contribution in [0.4, 0.5) is 5.69 Å². The Morgan fingerprint density at radius 1 is 1.33 bits per heavy atom. The molecule has 0 saturated carbocycles. The summed E-state index contributed by atoms with van der Waals surface area (Å²) in [7, 11) is 0. The van der Waals surface area contributed by atoms with E-state index in [1.807, 2.05) is 22.6 Å². The molecule has 1 aliphatic heterocycles. The smallest absolute Gasteiger partial charge is 0.0805 e. The van der Waals surface area contributed by atoms with E-state index in [1.54, 1.807) is 6.20 Å². The molecular weight excluding hydrogens is 242 g/mol. The molecule has 2 N–H and O–H groups in total. The minimum atomic E-state index is 0.318. The van der Waals surface area contributed by atoms with E-state index in [4.69, 9.17) is 5.73 Å². The first-order valence-corrected chi connectivity index (χ1v) is 7.42. The van der Waals surface area contributed by atoms with Gasteiger partial charge in [-0.1, -0.05) is 30.3 Å². The molecule has 0 amide bonds. The predicted molar refractivity (Wildman–Crippen MR) is 76.7 cm³/mol. The number of thioether (sulfide) groups is 1. The molecule has 1 saturated heterocycles. The zero-order chi connectivity index (χ0) is 12.4. The molecule has 2 aromatic rings. The van der Waals surface area contributed by atoms with Crippen molar-refractivity contribution in [2.24, 2.45) is 5.92 Å². The maximum absolute atomic E-state index is 5.80. The van der Waals surface area contributed by atoms with Crippen LogP contribution in [0.25, 0.3) is 0 Å². The normalized spacial score (nSPS) is 21.0. The van der Waals surface area contributed by atoms with Crippen LogP contribution in [-0.4, -0.2) is 21.3 Å². The first-order valence-electron chi connectivity index (χ1n) is 6.27. The van der Waals surface area contributed by atoms with E-state index >= 15 is 0 Å². The molecule has 0 bridgehead atoms. The fourth-order valence-electron chi connectivity index (χ4n) is 2.60. The molecule has 1 aliphatic rings. The standard InChI is InChI=1S/C14H17N3S/c15-13-8-16-17(9-13)14(12-6-7-18-10-12)11-4-2-1-3-5-11/h1-5,8-9,12,14H,6-7,10,15H2. The van der Waals surface area contributed by atoms with Crippen LogP contribution in [0.5, 0.6) is 0 Å². The number of hydrogen-bond donors (Lipinski definition) is 1. The van der Waals surface area contributed by atoms with Crippen molar-refractivity contribution < 1.29 is 0 Å². The lowest BCUT2D eigenvalue weighted by Gasteiger charge is -2.23. The van der Waals surface area contributed by atoms with Gasteiger partial charge in [0.25, 0.3) is 0 Å². The van der Waals surface area contributed by atoms with Crippen LogP contribution in [0.15, 0.2) is 42.7 Å². The number of nitrogens with two attached hydrogens (primary N) is 1. The zero-order valence-corrected chi connectivity index (χ0v) is 11.0. The van der Waals surface area contributed by atoms with Crippen LogP contribution in [0.3, 0.4) is 0 Å². The van der Waals surface area contributed by atoms with Crippen LogP contribution in [0.2, 0.25) is 0 Å². The van der Waals surface area contributed by atoms with Crippen molar-refractivity contribution in [3.8, 4) is 0 Å². The lowest BCUT2D eigenvalue weighted by Crippen LogP contribution is -2.21. The lowest BCUT2D eigenvalue weighted by molar-refractivity contribution is 0.384. The fourth-order valence-corrected chi connectivity index (χ4v) is 3.89. The summed E-state index contributed by atoms with van der Waals surface area (Å²) in [6.45, 7) is 0. The highest BCUT2D eigenvalue weighted by Crippen LogP contribution is 2.36. The van der Waals surface area contributed by atoms with Crippen molar-refractivity contribution >= 4 is 17.4 Å². The van der Waals surface area contributed by atoms with Crippen molar-refractivity contribution in [3.63, 3.8) is 0 Å². The zero-order valence-electron chi connectivity index (χ0n) is 10.2. The Morgan fingerprint density at radius 2 is 2.17 bits per heavy atom. The largest absolute Gasteiger partial charge is 0.396 e. The summed E-state index contributed by atoms with van der Waals surface area (Å²) in [5.41, 5.74) is 7.87. The number of aromatic nitrogens is 2. The number of nitrogen functional groups attached to an aromatic ring is 1. The molecule has 0 radical (unpaired) electrons. The van der Waals surface area contributed by atoms with Gasteiger partial charge in [0.1, 0.15) is 0 Å². The Hall–Kier alpha value is -1.42. The summed E-state index contributed by atoms with van der Waals surface area (Å²) in [5, 5.41) is 4.42. The molecule has 2 unspecified atom stereocenters. The van der Waals surface area contributed by atoms with E-state index in [-0.39, 0.29) is 0 Å². The molecule has 3 rings (SSSR count). The Morgan fingerprint density at radius 3 is 2.78 bits per heavy atom. The van der Waals surface area contributed by atoms with Crippen LogP contribution in [0, 0.1) is 5.92 Å². The molecule has 1 fully saturated rings. The second-order valence-electron chi connectivity index (χ2n) is 4.73. The van der Waals surface area contributed by atoms with Gasteiger partial charge in [0.05, 0.1) is 17.9 Å². The summed E-state index contributed by atoms with van der Waals surface area (Å²) in [6, 6.07) is 10.9. The quantitative estimate of drug-likeness (QED) is 0.921. The van der Waals surface area contributed by atoms with Gasteiger partial charge in [-0.05, 0) is 29.4 Å². The number of anilines is 1. The second kappa shape index (κ2) is 5.06. The van der Waals surface area contributed by atoms with Crippen molar-refractivity contribution in [2.75, 3.05) is 17.2 Å². The van der Waals surface area contributed by atoms with Gasteiger partial charge in [-0.2, -0.15) is 16.9 Å². The highest BCUT2D eigenvalue weighted by Gasteiger charge is 2.28. The molecule has 94 valence electrons. The Balaban J connectivity index is 1.98. The lowest BCUT2D eigenvalue weighted by atomic mass is 9.92. The van der Waals surface area contributed by atoms with Crippen LogP contribution < -0.4 is 5.73 Å². The van der Waals surface area contributed by atoms with Gasteiger partial charge in [-0.15, -0.1) is 0 Å². The third-order valence-electron chi connectivity index (χ3n) is 3.46. The summed E-state index contributed by atoms with van der Waals surface area (Å²) < 4.78 is 2.03. The van der Waals surface area contributed by atoms with Crippen molar-refractivity contribution in [1.82, 2.24) is 9.78 Å². The Labute approximate surface area is 111 Å². The van der Waals surface area contributed by atoms with Gasteiger partial charge in [-0.3, -0.25) is 4.68 Å². The van der Waals surface area contributed by atoms with Gasteiger partial charge in [0.15, 0.2) is 0 Å². The number of benzene rings is 1. The molecule has 0 aliphatic carbocycles. The van der Waals surface area contributed by atoms with Crippen molar-refractivity contribution in [2.45, 2.75) is 12.5 Å². The number of nitrogens with zero attached hydrogens (tertiary/aromatic N) is 2. The molecule has 2 atom stereocenters. The monoisotopic (exact) mass is 259 g/mol. The maximum Gasteiger partial charge on any atom is 0.0805 e. The summed E-state index contributed by atoms with van der Waals surface area (Å²) >= 11 is 2.03. The van der Waals surface area contributed by atoms with Gasteiger partial charge < -0.3 is 5.73 Å². The van der Waals surface area contributed by atoms with Crippen molar-refractivity contribution in [1.29, 1.82) is 0 Å². The van der Waals surface area contributed by atoms with Gasteiger partial charge in [-0.25, -0.2) is 0 Å². The Bertz CT molecular complexity index is 503. The van der Waals surface area contributed by atoms with E-state index < -0.39 is 0 Å². The average molecular weight is 259 g/mol. The van der Waals surface area contributed by atoms with Gasteiger partial charge in [0.2, 0.25) is 0 Å². The SMILES string of the molecule is Nc1cnn(C(c2ccccc2)C2CCSC2)c1. The summed E-state index contributed by atoms with van der Waals surface area (Å²) in [4.78, 5) is 0. The molecule has 2 heterocycles. The highest BCUT2D eigenvalue weighted by molar-refractivity contribution is 7.99. The Kier molecular flexibility index (Phi) is 3.28.